The Balaban J connectivity index is 1.48. The summed E-state index contributed by atoms with van der Waals surface area (Å²) >= 11 is 0. The van der Waals surface area contributed by atoms with E-state index in [1.54, 1.807) is 12.4 Å². The van der Waals surface area contributed by atoms with Crippen molar-refractivity contribution in [3.8, 4) is 0 Å². The molecule has 0 aliphatic rings. The van der Waals surface area contributed by atoms with Crippen molar-refractivity contribution < 1.29 is 22.0 Å². The number of nitrogens with zero attached hydrogens (tertiary/aromatic N) is 2. The third-order valence-electron chi connectivity index (χ3n) is 4.48. The Kier molecular flexibility index (Phi) is 5.04. The number of fused-ring (bicyclic) bond motifs is 1. The number of sulfone groups is 1. The fourth-order valence-corrected chi connectivity index (χ4v) is 4.26. The van der Waals surface area contributed by atoms with Gasteiger partial charge in [-0.2, -0.15) is 0 Å². The van der Waals surface area contributed by atoms with Crippen LogP contribution in [0.3, 0.4) is 0 Å². The molecule has 0 fully saturated rings. The van der Waals surface area contributed by atoms with E-state index in [1.165, 1.54) is 24.3 Å². The summed E-state index contributed by atoms with van der Waals surface area (Å²) in [4.78, 5) is 15.9. The number of imidazole rings is 1. The highest BCUT2D eigenvalue weighted by molar-refractivity contribution is 7.91. The van der Waals surface area contributed by atoms with Crippen molar-refractivity contribution >= 4 is 21.4 Å². The van der Waals surface area contributed by atoms with E-state index in [9.17, 15) is 22.0 Å². The van der Waals surface area contributed by atoms with Gasteiger partial charge in [0.25, 0.3) is 5.91 Å². The molecule has 0 spiro atoms. The number of carbonyl (C=O) groups is 1. The fourth-order valence-electron chi connectivity index (χ4n) is 2.96. The highest BCUT2D eigenvalue weighted by atomic mass is 32.2. The second kappa shape index (κ2) is 7.68. The molecule has 0 atom stereocenters. The molecule has 0 radical (unpaired) electrons. The lowest BCUT2D eigenvalue weighted by Gasteiger charge is -2.08. The topological polar surface area (TPSA) is 80.5 Å². The van der Waals surface area contributed by atoms with Crippen LogP contribution in [0.5, 0.6) is 0 Å². The van der Waals surface area contributed by atoms with E-state index in [0.717, 1.165) is 23.3 Å². The summed E-state index contributed by atoms with van der Waals surface area (Å²) in [6, 6.07) is 10.9. The Morgan fingerprint density at radius 2 is 1.67 bits per heavy atom. The molecule has 0 aliphatic carbocycles. The van der Waals surface area contributed by atoms with Gasteiger partial charge >= 0.3 is 0 Å². The standard InChI is InChI=1S/C21H15F2N3O3S/c22-16-9-17(23)11-19(10-16)30(28,29)18-4-2-15(3-5-18)21(27)25-12-14-1-6-20-24-7-8-26(20)13-14/h1-11,13H,12H2,(H,25,27). The maximum Gasteiger partial charge on any atom is 0.251 e. The molecule has 2 aromatic carbocycles. The molecule has 4 aromatic rings. The van der Waals surface area contributed by atoms with Gasteiger partial charge in [-0.1, -0.05) is 6.07 Å². The average molecular weight is 427 g/mol. The van der Waals surface area contributed by atoms with Crippen LogP contribution in [-0.4, -0.2) is 23.7 Å². The number of carbonyl (C=O) groups excluding carboxylic acids is 1. The predicted octanol–water partition coefficient (Wildman–Crippen LogP) is 3.38. The molecular formula is C21H15F2N3O3S. The molecule has 4 rings (SSSR count). The molecule has 0 saturated heterocycles. The Labute approximate surface area is 170 Å². The first-order chi connectivity index (χ1) is 14.3. The van der Waals surface area contributed by atoms with E-state index in [-0.39, 0.29) is 22.9 Å². The Hall–Kier alpha value is -3.59. The van der Waals surface area contributed by atoms with Crippen LogP contribution in [0.1, 0.15) is 15.9 Å². The number of halogens is 2. The van der Waals surface area contributed by atoms with Crippen molar-refractivity contribution in [3.63, 3.8) is 0 Å². The van der Waals surface area contributed by atoms with Gasteiger partial charge in [0, 0.05) is 36.8 Å². The molecule has 30 heavy (non-hydrogen) atoms. The first-order valence-corrected chi connectivity index (χ1v) is 10.3. The van der Waals surface area contributed by atoms with Crippen molar-refractivity contribution in [3.05, 3.63) is 95.9 Å². The molecule has 1 N–H and O–H groups in total. The molecule has 2 aromatic heterocycles. The maximum atomic E-state index is 13.4. The van der Waals surface area contributed by atoms with Crippen LogP contribution >= 0.6 is 0 Å². The molecule has 152 valence electrons. The van der Waals surface area contributed by atoms with Gasteiger partial charge in [0.15, 0.2) is 0 Å². The maximum absolute atomic E-state index is 13.4. The van der Waals surface area contributed by atoms with Gasteiger partial charge in [-0.05, 0) is 48.0 Å². The molecule has 6 nitrogen and oxygen atoms in total. The van der Waals surface area contributed by atoms with Gasteiger partial charge in [0.2, 0.25) is 9.84 Å². The van der Waals surface area contributed by atoms with Crippen molar-refractivity contribution in [2.24, 2.45) is 0 Å². The van der Waals surface area contributed by atoms with Crippen molar-refractivity contribution in [1.29, 1.82) is 0 Å². The van der Waals surface area contributed by atoms with Gasteiger partial charge in [0.1, 0.15) is 17.3 Å². The van der Waals surface area contributed by atoms with Crippen molar-refractivity contribution in [2.75, 3.05) is 0 Å². The van der Waals surface area contributed by atoms with Gasteiger partial charge in [-0.15, -0.1) is 0 Å². The summed E-state index contributed by atoms with van der Waals surface area (Å²) in [6.45, 7) is 0.273. The zero-order chi connectivity index (χ0) is 21.3. The number of pyridine rings is 1. The third-order valence-corrected chi connectivity index (χ3v) is 6.23. The number of hydrogen-bond acceptors (Lipinski definition) is 4. The lowest BCUT2D eigenvalue weighted by molar-refractivity contribution is 0.0950. The van der Waals surface area contributed by atoms with Crippen molar-refractivity contribution in [1.82, 2.24) is 14.7 Å². The van der Waals surface area contributed by atoms with Crippen LogP contribution in [0.25, 0.3) is 5.65 Å². The van der Waals surface area contributed by atoms with Gasteiger partial charge < -0.3 is 9.72 Å². The molecule has 9 heteroatoms. The van der Waals surface area contributed by atoms with Gasteiger partial charge in [-0.25, -0.2) is 22.2 Å². The van der Waals surface area contributed by atoms with E-state index in [2.05, 4.69) is 10.3 Å². The summed E-state index contributed by atoms with van der Waals surface area (Å²) in [7, 11) is -4.12. The summed E-state index contributed by atoms with van der Waals surface area (Å²) < 4.78 is 53.7. The van der Waals surface area contributed by atoms with Gasteiger partial charge in [0.05, 0.1) is 9.79 Å². The summed E-state index contributed by atoms with van der Waals surface area (Å²) in [6.07, 6.45) is 5.31. The summed E-state index contributed by atoms with van der Waals surface area (Å²) in [5.74, 6) is -2.36. The normalized spacial score (nSPS) is 11.5. The Morgan fingerprint density at radius 1 is 0.967 bits per heavy atom. The first kappa shape index (κ1) is 19.7. The monoisotopic (exact) mass is 427 g/mol. The van der Waals surface area contributed by atoms with Crippen LogP contribution in [0.2, 0.25) is 0 Å². The highest BCUT2D eigenvalue weighted by Crippen LogP contribution is 2.23. The average Bonchev–Trinajstić information content (AvgIpc) is 3.19. The minimum absolute atomic E-state index is 0.172. The fraction of sp³-hybridized carbons (Fsp3) is 0.0476. The smallest absolute Gasteiger partial charge is 0.251 e. The van der Waals surface area contributed by atoms with E-state index >= 15 is 0 Å². The Bertz CT molecular complexity index is 1330. The first-order valence-electron chi connectivity index (χ1n) is 8.84. The number of benzene rings is 2. The van der Waals surface area contributed by atoms with Crippen LogP contribution in [-0.2, 0) is 16.4 Å². The largest absolute Gasteiger partial charge is 0.348 e. The van der Waals surface area contributed by atoms with E-state index < -0.39 is 26.4 Å². The number of rotatable bonds is 5. The quantitative estimate of drug-likeness (QED) is 0.530. The third kappa shape index (κ3) is 3.92. The minimum Gasteiger partial charge on any atom is -0.348 e. The predicted molar refractivity (Wildman–Crippen MR) is 105 cm³/mol. The van der Waals surface area contributed by atoms with Gasteiger partial charge in [-0.3, -0.25) is 4.79 Å². The number of amides is 1. The van der Waals surface area contributed by atoms with Crippen LogP contribution in [0, 0.1) is 11.6 Å². The summed E-state index contributed by atoms with van der Waals surface area (Å²) in [5.41, 5.74) is 1.91. The molecule has 0 aliphatic heterocycles. The minimum atomic E-state index is -4.12. The molecule has 0 unspecified atom stereocenters. The van der Waals surface area contributed by atoms with Crippen LogP contribution in [0.4, 0.5) is 8.78 Å². The molecule has 1 amide bonds. The lowest BCUT2D eigenvalue weighted by atomic mass is 10.2. The summed E-state index contributed by atoms with van der Waals surface area (Å²) in [5, 5.41) is 2.76. The van der Waals surface area contributed by atoms with Crippen molar-refractivity contribution in [2.45, 2.75) is 16.3 Å². The molecule has 2 heterocycles. The molecule has 0 saturated carbocycles. The number of hydrogen-bond donors (Lipinski definition) is 1. The van der Waals surface area contributed by atoms with E-state index in [0.29, 0.717) is 6.07 Å². The highest BCUT2D eigenvalue weighted by Gasteiger charge is 2.20. The molecule has 0 bridgehead atoms. The zero-order valence-electron chi connectivity index (χ0n) is 15.4. The Morgan fingerprint density at radius 3 is 2.37 bits per heavy atom. The van der Waals surface area contributed by atoms with Crippen LogP contribution < -0.4 is 5.32 Å². The second-order valence-electron chi connectivity index (χ2n) is 6.55. The van der Waals surface area contributed by atoms with E-state index in [4.69, 9.17) is 0 Å². The molecular weight excluding hydrogens is 412 g/mol. The SMILES string of the molecule is O=C(NCc1ccc2nccn2c1)c1ccc(S(=O)(=O)c2cc(F)cc(F)c2)cc1. The van der Waals surface area contributed by atoms with Crippen LogP contribution in [0.15, 0.2) is 83.0 Å². The number of aromatic nitrogens is 2. The number of nitrogens with one attached hydrogen (secondary N) is 1. The zero-order valence-corrected chi connectivity index (χ0v) is 16.2. The second-order valence-corrected chi connectivity index (χ2v) is 8.50. The van der Waals surface area contributed by atoms with E-state index in [1.807, 2.05) is 22.7 Å². The lowest BCUT2D eigenvalue weighted by Crippen LogP contribution is -2.23.